The molecule has 1 atom stereocenters. The van der Waals surface area contributed by atoms with Crippen molar-refractivity contribution in [1.29, 1.82) is 0 Å². The number of aliphatic carboxylic acids is 1. The van der Waals surface area contributed by atoms with Gasteiger partial charge in [0.2, 0.25) is 0 Å². The number of aromatic carboxylic acids is 1. The van der Waals surface area contributed by atoms with E-state index in [0.717, 1.165) is 10.7 Å². The van der Waals surface area contributed by atoms with Gasteiger partial charge in [-0.15, -0.1) is 5.10 Å². The molecule has 0 saturated carbocycles. The molecular formula is C13H12FN3O4. The van der Waals surface area contributed by atoms with Gasteiger partial charge in [-0.2, -0.15) is 0 Å². The van der Waals surface area contributed by atoms with Crippen LogP contribution in [-0.4, -0.2) is 37.1 Å². The van der Waals surface area contributed by atoms with Crippen LogP contribution in [0.5, 0.6) is 0 Å². The Morgan fingerprint density at radius 1 is 1.38 bits per heavy atom. The van der Waals surface area contributed by atoms with Gasteiger partial charge >= 0.3 is 11.9 Å². The third-order valence-electron chi connectivity index (χ3n) is 2.96. The van der Waals surface area contributed by atoms with E-state index in [0.29, 0.717) is 0 Å². The maximum atomic E-state index is 13.4. The van der Waals surface area contributed by atoms with E-state index in [9.17, 15) is 19.1 Å². The van der Waals surface area contributed by atoms with Crippen molar-refractivity contribution in [2.45, 2.75) is 19.4 Å². The summed E-state index contributed by atoms with van der Waals surface area (Å²) in [5.74, 6) is -3.10. The number of benzene rings is 1. The summed E-state index contributed by atoms with van der Waals surface area (Å²) >= 11 is 0. The highest BCUT2D eigenvalue weighted by Crippen LogP contribution is 2.27. The average molecular weight is 293 g/mol. The lowest BCUT2D eigenvalue weighted by Gasteiger charge is -2.13. The van der Waals surface area contributed by atoms with Crippen molar-refractivity contribution in [3.63, 3.8) is 0 Å². The highest BCUT2D eigenvalue weighted by atomic mass is 19.1. The number of nitrogens with zero attached hydrogens (tertiary/aromatic N) is 3. The van der Waals surface area contributed by atoms with Crippen molar-refractivity contribution in [1.82, 2.24) is 15.0 Å². The minimum Gasteiger partial charge on any atom is -0.480 e. The summed E-state index contributed by atoms with van der Waals surface area (Å²) in [5.41, 5.74) is -0.242. The van der Waals surface area contributed by atoms with Gasteiger partial charge in [-0.25, -0.2) is 18.7 Å². The molecule has 2 aromatic rings. The quantitative estimate of drug-likeness (QED) is 0.871. The Kier molecular flexibility index (Phi) is 3.97. The zero-order chi connectivity index (χ0) is 15.6. The number of aromatic nitrogens is 3. The summed E-state index contributed by atoms with van der Waals surface area (Å²) in [4.78, 5) is 22.5. The van der Waals surface area contributed by atoms with Crippen LogP contribution < -0.4 is 0 Å². The first-order chi connectivity index (χ1) is 9.95. The normalized spacial score (nSPS) is 12.1. The fraction of sp³-hybridized carbons (Fsp3) is 0.231. The average Bonchev–Trinajstić information content (AvgIpc) is 2.84. The van der Waals surface area contributed by atoms with E-state index >= 15 is 0 Å². The molecule has 0 aliphatic heterocycles. The Balaban J connectivity index is 2.68. The zero-order valence-corrected chi connectivity index (χ0v) is 11.0. The molecule has 0 aliphatic carbocycles. The Morgan fingerprint density at radius 2 is 2.10 bits per heavy atom. The molecule has 1 aromatic carbocycles. The maximum Gasteiger partial charge on any atom is 0.358 e. The van der Waals surface area contributed by atoms with Gasteiger partial charge in [-0.1, -0.05) is 24.3 Å². The number of carbonyl (C=O) groups is 2. The molecule has 0 radical (unpaired) electrons. The van der Waals surface area contributed by atoms with E-state index in [1.165, 1.54) is 18.2 Å². The summed E-state index contributed by atoms with van der Waals surface area (Å²) < 4.78 is 14.4. The van der Waals surface area contributed by atoms with E-state index < -0.39 is 29.5 Å². The van der Waals surface area contributed by atoms with Gasteiger partial charge in [0, 0.05) is 5.56 Å². The van der Waals surface area contributed by atoms with E-state index in [2.05, 4.69) is 10.3 Å². The lowest BCUT2D eigenvalue weighted by molar-refractivity contribution is -0.141. The van der Waals surface area contributed by atoms with Gasteiger partial charge in [0.15, 0.2) is 11.7 Å². The summed E-state index contributed by atoms with van der Waals surface area (Å²) in [6.45, 7) is 1.62. The number of hydrogen-bond acceptors (Lipinski definition) is 4. The summed E-state index contributed by atoms with van der Waals surface area (Å²) in [6, 6.07) is 4.10. The van der Waals surface area contributed by atoms with Crippen molar-refractivity contribution < 1.29 is 24.2 Å². The van der Waals surface area contributed by atoms with Crippen LogP contribution in [0, 0.1) is 5.82 Å². The molecule has 8 heteroatoms. The van der Waals surface area contributed by atoms with Crippen molar-refractivity contribution in [2.75, 3.05) is 0 Å². The molecule has 0 saturated heterocycles. The largest absolute Gasteiger partial charge is 0.480 e. The lowest BCUT2D eigenvalue weighted by atomic mass is 10.1. The predicted octanol–water partition coefficient (Wildman–Crippen LogP) is 1.82. The molecule has 1 heterocycles. The second-order valence-electron chi connectivity index (χ2n) is 4.31. The molecule has 0 aliphatic rings. The van der Waals surface area contributed by atoms with Gasteiger partial charge in [0.1, 0.15) is 11.5 Å². The zero-order valence-electron chi connectivity index (χ0n) is 11.0. The molecule has 2 N–H and O–H groups in total. The third-order valence-corrected chi connectivity index (χ3v) is 2.96. The van der Waals surface area contributed by atoms with Crippen molar-refractivity contribution in [3.05, 3.63) is 35.8 Å². The van der Waals surface area contributed by atoms with Crippen LogP contribution in [0.3, 0.4) is 0 Å². The SMILES string of the molecule is CCC(C(=O)O)n1nnc(C(=O)O)c1-c1cccc(F)c1. The second-order valence-corrected chi connectivity index (χ2v) is 4.31. The molecule has 0 fully saturated rings. The number of carboxylic acids is 2. The van der Waals surface area contributed by atoms with E-state index in [1.54, 1.807) is 6.92 Å². The Labute approximate surface area is 118 Å². The van der Waals surface area contributed by atoms with E-state index in [4.69, 9.17) is 5.11 Å². The maximum absolute atomic E-state index is 13.4. The van der Waals surface area contributed by atoms with Crippen LogP contribution in [0.25, 0.3) is 11.3 Å². The fourth-order valence-corrected chi connectivity index (χ4v) is 2.01. The monoisotopic (exact) mass is 293 g/mol. The predicted molar refractivity (Wildman–Crippen MR) is 69.3 cm³/mol. The lowest BCUT2D eigenvalue weighted by Crippen LogP contribution is -2.20. The van der Waals surface area contributed by atoms with Crippen LogP contribution in [0.1, 0.15) is 29.9 Å². The molecule has 0 spiro atoms. The fourth-order valence-electron chi connectivity index (χ4n) is 2.01. The van der Waals surface area contributed by atoms with Crippen LogP contribution in [-0.2, 0) is 4.79 Å². The van der Waals surface area contributed by atoms with Crippen LogP contribution in [0.4, 0.5) is 4.39 Å². The Hall–Kier alpha value is -2.77. The molecule has 110 valence electrons. The highest BCUT2D eigenvalue weighted by Gasteiger charge is 2.28. The third kappa shape index (κ3) is 2.73. The van der Waals surface area contributed by atoms with E-state index in [-0.39, 0.29) is 17.7 Å². The van der Waals surface area contributed by atoms with Crippen molar-refractivity contribution in [2.24, 2.45) is 0 Å². The molecule has 7 nitrogen and oxygen atoms in total. The summed E-state index contributed by atoms with van der Waals surface area (Å²) in [5, 5.41) is 25.5. The van der Waals surface area contributed by atoms with Gasteiger partial charge < -0.3 is 10.2 Å². The Morgan fingerprint density at radius 3 is 2.62 bits per heavy atom. The molecule has 1 aromatic heterocycles. The summed E-state index contributed by atoms with van der Waals surface area (Å²) in [7, 11) is 0. The van der Waals surface area contributed by atoms with E-state index in [1.807, 2.05) is 0 Å². The molecule has 0 bridgehead atoms. The van der Waals surface area contributed by atoms with Crippen LogP contribution in [0.2, 0.25) is 0 Å². The molecule has 21 heavy (non-hydrogen) atoms. The van der Waals surface area contributed by atoms with Crippen LogP contribution in [0.15, 0.2) is 24.3 Å². The molecule has 1 unspecified atom stereocenters. The smallest absolute Gasteiger partial charge is 0.358 e. The van der Waals surface area contributed by atoms with Gasteiger partial charge in [0.25, 0.3) is 0 Å². The summed E-state index contributed by atoms with van der Waals surface area (Å²) in [6.07, 6.45) is 0.181. The first-order valence-corrected chi connectivity index (χ1v) is 6.13. The van der Waals surface area contributed by atoms with Crippen molar-refractivity contribution >= 4 is 11.9 Å². The second kappa shape index (κ2) is 5.70. The number of carboxylic acid groups (broad SMARTS) is 2. The Bertz CT molecular complexity index is 698. The first kappa shape index (κ1) is 14.6. The van der Waals surface area contributed by atoms with Crippen LogP contribution >= 0.6 is 0 Å². The van der Waals surface area contributed by atoms with Crippen molar-refractivity contribution in [3.8, 4) is 11.3 Å². The number of halogens is 1. The minimum absolute atomic E-state index is 0.0312. The molecular weight excluding hydrogens is 281 g/mol. The first-order valence-electron chi connectivity index (χ1n) is 6.13. The molecule has 2 rings (SSSR count). The minimum atomic E-state index is -1.36. The number of hydrogen-bond donors (Lipinski definition) is 2. The highest BCUT2D eigenvalue weighted by molar-refractivity contribution is 5.93. The number of rotatable bonds is 5. The van der Waals surface area contributed by atoms with Gasteiger partial charge in [-0.05, 0) is 18.6 Å². The standard InChI is InChI=1S/C13H12FN3O4/c1-2-9(12(18)19)17-11(10(13(20)21)15-16-17)7-4-3-5-8(14)6-7/h3-6,9H,2H2,1H3,(H,18,19)(H,20,21). The topological polar surface area (TPSA) is 105 Å². The van der Waals surface area contributed by atoms with Gasteiger partial charge in [0.05, 0.1) is 0 Å². The van der Waals surface area contributed by atoms with Gasteiger partial charge in [-0.3, -0.25) is 0 Å². The molecule has 0 amide bonds.